The standard InChI is InChI=1S/C19H20N2O7S/c1-5-6-12-28-21(29(23,24)14-10-8-7-9-11-14)17-15(19(22)27-4)13-16(25-2)20-18(17)26-3/h7-11,13H,12H2,1-4H3. The van der Waals surface area contributed by atoms with E-state index in [-0.39, 0.29) is 34.5 Å². The molecule has 2 aromatic rings. The van der Waals surface area contributed by atoms with Crippen molar-refractivity contribution in [2.24, 2.45) is 0 Å². The number of esters is 1. The lowest BCUT2D eigenvalue weighted by Crippen LogP contribution is -2.33. The van der Waals surface area contributed by atoms with Crippen molar-refractivity contribution in [2.75, 3.05) is 32.4 Å². The van der Waals surface area contributed by atoms with Crippen molar-refractivity contribution in [2.45, 2.75) is 11.8 Å². The molecule has 1 aromatic heterocycles. The van der Waals surface area contributed by atoms with Crippen LogP contribution in [0.25, 0.3) is 0 Å². The van der Waals surface area contributed by atoms with Crippen LogP contribution in [0.4, 0.5) is 5.69 Å². The maximum absolute atomic E-state index is 13.3. The summed E-state index contributed by atoms with van der Waals surface area (Å²) in [5.74, 6) is 4.20. The molecule has 0 aliphatic carbocycles. The molecule has 0 saturated heterocycles. The van der Waals surface area contributed by atoms with Gasteiger partial charge >= 0.3 is 5.97 Å². The fraction of sp³-hybridized carbons (Fsp3) is 0.263. The first kappa shape index (κ1) is 22.0. The number of ether oxygens (including phenoxy) is 3. The second-order valence-corrected chi connectivity index (χ2v) is 7.06. The lowest BCUT2D eigenvalue weighted by atomic mass is 10.2. The van der Waals surface area contributed by atoms with E-state index >= 15 is 0 Å². The molecule has 2 rings (SSSR count). The molecule has 0 amide bonds. The van der Waals surface area contributed by atoms with Gasteiger partial charge in [-0.15, -0.1) is 10.4 Å². The van der Waals surface area contributed by atoms with Gasteiger partial charge in [0.15, 0.2) is 5.69 Å². The Hall–Kier alpha value is -3.29. The number of sulfonamides is 1. The Balaban J connectivity index is 2.79. The number of hydrogen-bond acceptors (Lipinski definition) is 8. The van der Waals surface area contributed by atoms with Gasteiger partial charge in [0.05, 0.1) is 31.8 Å². The molecule has 0 atom stereocenters. The van der Waals surface area contributed by atoms with Gasteiger partial charge in [-0.2, -0.15) is 13.4 Å². The van der Waals surface area contributed by atoms with Gasteiger partial charge in [-0.1, -0.05) is 24.1 Å². The Morgan fingerprint density at radius 1 is 1.14 bits per heavy atom. The van der Waals surface area contributed by atoms with E-state index in [0.717, 1.165) is 7.11 Å². The van der Waals surface area contributed by atoms with Gasteiger partial charge in [-0.25, -0.2) is 9.63 Å². The van der Waals surface area contributed by atoms with Gasteiger partial charge in [-0.05, 0) is 19.1 Å². The minimum Gasteiger partial charge on any atom is -0.481 e. The molecule has 10 heteroatoms. The highest BCUT2D eigenvalue weighted by atomic mass is 32.2. The monoisotopic (exact) mass is 420 g/mol. The molecule has 0 aliphatic heterocycles. The Morgan fingerprint density at radius 3 is 2.38 bits per heavy atom. The summed E-state index contributed by atoms with van der Waals surface area (Å²) in [6.07, 6.45) is 0. The van der Waals surface area contributed by atoms with Crippen LogP contribution in [0.3, 0.4) is 0 Å². The smallest absolute Gasteiger partial charge is 0.340 e. The summed E-state index contributed by atoms with van der Waals surface area (Å²) in [6.45, 7) is 1.31. The lowest BCUT2D eigenvalue weighted by molar-refractivity contribution is 0.0598. The molecule has 1 heterocycles. The fourth-order valence-electron chi connectivity index (χ4n) is 2.29. The first-order valence-electron chi connectivity index (χ1n) is 8.24. The van der Waals surface area contributed by atoms with Crippen molar-refractivity contribution in [1.29, 1.82) is 0 Å². The first-order valence-corrected chi connectivity index (χ1v) is 9.68. The lowest BCUT2D eigenvalue weighted by Gasteiger charge is -2.25. The van der Waals surface area contributed by atoms with Gasteiger partial charge in [0.2, 0.25) is 11.8 Å². The highest BCUT2D eigenvalue weighted by molar-refractivity contribution is 7.92. The van der Waals surface area contributed by atoms with Crippen LogP contribution in [0, 0.1) is 11.8 Å². The van der Waals surface area contributed by atoms with Crippen LogP contribution >= 0.6 is 0 Å². The maximum atomic E-state index is 13.3. The molecule has 0 spiro atoms. The number of carbonyl (C=O) groups excluding carboxylic acids is 1. The Kier molecular flexibility index (Phi) is 7.41. The van der Waals surface area contributed by atoms with Crippen LogP contribution in [0.15, 0.2) is 41.3 Å². The third-order valence-electron chi connectivity index (χ3n) is 3.62. The molecular formula is C19H20N2O7S. The number of benzene rings is 1. The summed E-state index contributed by atoms with van der Waals surface area (Å²) >= 11 is 0. The normalized spacial score (nSPS) is 10.5. The zero-order valence-electron chi connectivity index (χ0n) is 16.3. The van der Waals surface area contributed by atoms with Gasteiger partial charge in [0.1, 0.15) is 6.61 Å². The van der Waals surface area contributed by atoms with Gasteiger partial charge in [-0.3, -0.25) is 0 Å². The molecule has 1 aromatic carbocycles. The summed E-state index contributed by atoms with van der Waals surface area (Å²) in [4.78, 5) is 21.8. The number of carbonyl (C=O) groups is 1. The van der Waals surface area contributed by atoms with Crippen molar-refractivity contribution < 1.29 is 32.3 Å². The van der Waals surface area contributed by atoms with Crippen LogP contribution in [-0.4, -0.2) is 47.3 Å². The van der Waals surface area contributed by atoms with Crippen LogP contribution in [0.1, 0.15) is 17.3 Å². The van der Waals surface area contributed by atoms with E-state index < -0.39 is 16.0 Å². The molecule has 0 aliphatic rings. The van der Waals surface area contributed by atoms with Gasteiger partial charge in [0, 0.05) is 6.07 Å². The third kappa shape index (κ3) is 4.77. The molecular weight excluding hydrogens is 400 g/mol. The second-order valence-electron chi connectivity index (χ2n) is 5.31. The maximum Gasteiger partial charge on any atom is 0.340 e. The minimum absolute atomic E-state index is 0.0245. The molecule has 0 fully saturated rings. The number of aromatic nitrogens is 1. The van der Waals surface area contributed by atoms with Crippen molar-refractivity contribution in [3.8, 4) is 23.6 Å². The quantitative estimate of drug-likeness (QED) is 0.363. The number of hydrogen-bond donors (Lipinski definition) is 0. The minimum atomic E-state index is -4.28. The van der Waals surface area contributed by atoms with E-state index in [1.165, 1.54) is 32.4 Å². The number of rotatable bonds is 8. The van der Waals surface area contributed by atoms with E-state index in [1.54, 1.807) is 25.1 Å². The SMILES string of the molecule is CC#CCON(c1c(C(=O)OC)cc(OC)nc1OC)S(=O)(=O)c1ccccc1. The van der Waals surface area contributed by atoms with Crippen molar-refractivity contribution in [3.05, 3.63) is 42.0 Å². The number of methoxy groups -OCH3 is 3. The van der Waals surface area contributed by atoms with Crippen molar-refractivity contribution in [3.63, 3.8) is 0 Å². The Labute approximate surface area is 169 Å². The van der Waals surface area contributed by atoms with Crippen LogP contribution < -0.4 is 13.9 Å². The third-order valence-corrected chi connectivity index (χ3v) is 5.21. The summed E-state index contributed by atoms with van der Waals surface area (Å²) in [5.41, 5.74) is -0.443. The average molecular weight is 420 g/mol. The van der Waals surface area contributed by atoms with Crippen LogP contribution in [0.2, 0.25) is 0 Å². The summed E-state index contributed by atoms with van der Waals surface area (Å²) < 4.78 is 42.2. The van der Waals surface area contributed by atoms with E-state index in [1.807, 2.05) is 0 Å². The molecule has 154 valence electrons. The first-order chi connectivity index (χ1) is 13.9. The number of anilines is 1. The molecule has 0 N–H and O–H groups in total. The molecule has 0 saturated carbocycles. The van der Waals surface area contributed by atoms with Crippen LogP contribution in [0.5, 0.6) is 11.8 Å². The predicted molar refractivity (Wildman–Crippen MR) is 104 cm³/mol. The zero-order chi connectivity index (χ0) is 21.4. The summed E-state index contributed by atoms with van der Waals surface area (Å²) in [5, 5.41) is 0. The second kappa shape index (κ2) is 9.77. The zero-order valence-corrected chi connectivity index (χ0v) is 17.1. The van der Waals surface area contributed by atoms with E-state index in [4.69, 9.17) is 19.0 Å². The largest absolute Gasteiger partial charge is 0.481 e. The van der Waals surface area contributed by atoms with Crippen molar-refractivity contribution >= 4 is 21.7 Å². The topological polar surface area (TPSA) is 104 Å². The molecule has 9 nitrogen and oxygen atoms in total. The summed E-state index contributed by atoms with van der Waals surface area (Å²) in [7, 11) is -0.508. The van der Waals surface area contributed by atoms with E-state index in [2.05, 4.69) is 16.8 Å². The van der Waals surface area contributed by atoms with Gasteiger partial charge in [0.25, 0.3) is 10.0 Å². The summed E-state index contributed by atoms with van der Waals surface area (Å²) in [6, 6.07) is 8.79. The number of pyridine rings is 1. The molecule has 0 bridgehead atoms. The van der Waals surface area contributed by atoms with Gasteiger partial charge < -0.3 is 14.2 Å². The number of nitrogens with zero attached hydrogens (tertiary/aromatic N) is 2. The van der Waals surface area contributed by atoms with E-state index in [0.29, 0.717) is 4.47 Å². The Bertz CT molecular complexity index is 1030. The molecule has 0 radical (unpaired) electrons. The Morgan fingerprint density at radius 2 is 1.83 bits per heavy atom. The molecule has 29 heavy (non-hydrogen) atoms. The van der Waals surface area contributed by atoms with E-state index in [9.17, 15) is 13.2 Å². The van der Waals surface area contributed by atoms with Crippen LogP contribution in [-0.2, 0) is 19.6 Å². The predicted octanol–water partition coefficient (Wildman–Crippen LogP) is 2.04. The molecule has 0 unspecified atom stereocenters. The highest BCUT2D eigenvalue weighted by Gasteiger charge is 2.34. The average Bonchev–Trinajstić information content (AvgIpc) is 2.76. The highest BCUT2D eigenvalue weighted by Crippen LogP contribution is 2.37. The fourth-order valence-corrected chi connectivity index (χ4v) is 3.59. The van der Waals surface area contributed by atoms with Crippen molar-refractivity contribution in [1.82, 2.24) is 4.98 Å².